The Balaban J connectivity index is 1.83. The van der Waals surface area contributed by atoms with Crippen molar-refractivity contribution in [1.82, 2.24) is 10.2 Å². The van der Waals surface area contributed by atoms with Gasteiger partial charge in [0.1, 0.15) is 0 Å². The molecule has 1 heterocycles. The Bertz CT molecular complexity index is 792. The molecule has 28 heavy (non-hydrogen) atoms. The van der Waals surface area contributed by atoms with E-state index in [1.165, 1.54) is 5.56 Å². The summed E-state index contributed by atoms with van der Waals surface area (Å²) in [7, 11) is 3.29. The Morgan fingerprint density at radius 3 is 2.43 bits per heavy atom. The van der Waals surface area contributed by atoms with Crippen LogP contribution in [0.2, 0.25) is 0 Å². The van der Waals surface area contributed by atoms with Crippen LogP contribution in [0.25, 0.3) is 0 Å². The fraction of sp³-hybridized carbons (Fsp3) is 0.435. The van der Waals surface area contributed by atoms with Crippen molar-refractivity contribution in [2.45, 2.75) is 32.4 Å². The first-order chi connectivity index (χ1) is 13.5. The van der Waals surface area contributed by atoms with E-state index in [4.69, 9.17) is 9.47 Å². The zero-order valence-electron chi connectivity index (χ0n) is 17.1. The monoisotopic (exact) mass is 382 g/mol. The summed E-state index contributed by atoms with van der Waals surface area (Å²) >= 11 is 0. The lowest BCUT2D eigenvalue weighted by Gasteiger charge is -2.22. The normalized spacial score (nSPS) is 19.6. The maximum Gasteiger partial charge on any atom is 0.222 e. The molecule has 2 aromatic rings. The molecule has 3 rings (SSSR count). The largest absolute Gasteiger partial charge is 0.493 e. The number of nitrogens with zero attached hydrogens (tertiary/aromatic N) is 1. The van der Waals surface area contributed by atoms with Gasteiger partial charge in [0.15, 0.2) is 11.5 Å². The van der Waals surface area contributed by atoms with Gasteiger partial charge in [0.05, 0.1) is 14.2 Å². The van der Waals surface area contributed by atoms with Crippen LogP contribution in [0.1, 0.15) is 30.9 Å². The quantitative estimate of drug-likeness (QED) is 0.797. The topological polar surface area (TPSA) is 50.8 Å². The van der Waals surface area contributed by atoms with Gasteiger partial charge in [-0.05, 0) is 23.3 Å². The molecule has 0 bridgehead atoms. The maximum absolute atomic E-state index is 12.4. The number of nitrogens with one attached hydrogen (secondary N) is 1. The average Bonchev–Trinajstić information content (AvgIpc) is 3.10. The highest BCUT2D eigenvalue weighted by molar-refractivity contribution is 5.78. The number of carbonyl (C=O) groups excluding carboxylic acids is 1. The average molecular weight is 383 g/mol. The van der Waals surface area contributed by atoms with Crippen molar-refractivity contribution in [3.05, 3.63) is 59.7 Å². The van der Waals surface area contributed by atoms with Gasteiger partial charge in [0, 0.05) is 37.5 Å². The van der Waals surface area contributed by atoms with Crippen LogP contribution in [0.5, 0.6) is 11.5 Å². The first-order valence-corrected chi connectivity index (χ1v) is 9.80. The number of hydrogen-bond acceptors (Lipinski definition) is 4. The van der Waals surface area contributed by atoms with Crippen LogP contribution in [0, 0.1) is 5.92 Å². The summed E-state index contributed by atoms with van der Waals surface area (Å²) in [5.74, 6) is 1.70. The molecule has 1 saturated heterocycles. The number of rotatable bonds is 7. The molecule has 1 aliphatic heterocycles. The number of amides is 1. The van der Waals surface area contributed by atoms with Gasteiger partial charge in [0.2, 0.25) is 5.91 Å². The second-order valence-corrected chi connectivity index (χ2v) is 7.67. The van der Waals surface area contributed by atoms with E-state index in [0.29, 0.717) is 5.75 Å². The molecular formula is C23H30N2O3. The molecule has 2 atom stereocenters. The first-order valence-electron chi connectivity index (χ1n) is 9.80. The van der Waals surface area contributed by atoms with Gasteiger partial charge >= 0.3 is 0 Å². The molecule has 0 radical (unpaired) electrons. The molecule has 5 heteroatoms. The van der Waals surface area contributed by atoms with Crippen LogP contribution < -0.4 is 14.8 Å². The minimum atomic E-state index is -0.0331. The van der Waals surface area contributed by atoms with E-state index in [-0.39, 0.29) is 23.8 Å². The standard InChI is InChI=1S/C23H30N2O3/c1-16(2)23(26)24-20-15-25(13-17-8-6-5-7-9-17)14-19(20)18-10-11-21(27-3)22(12-18)28-4/h5-12,16,19-20H,13-15H2,1-4H3,(H,24,26)/t19-,20+/m1/s1. The molecule has 0 aliphatic carbocycles. The second-order valence-electron chi connectivity index (χ2n) is 7.67. The summed E-state index contributed by atoms with van der Waals surface area (Å²) in [5, 5.41) is 3.26. The highest BCUT2D eigenvalue weighted by Gasteiger charge is 2.35. The summed E-state index contributed by atoms with van der Waals surface area (Å²) < 4.78 is 10.9. The Morgan fingerprint density at radius 2 is 1.79 bits per heavy atom. The highest BCUT2D eigenvalue weighted by atomic mass is 16.5. The molecule has 0 aromatic heterocycles. The van der Waals surface area contributed by atoms with Crippen LogP contribution >= 0.6 is 0 Å². The lowest BCUT2D eigenvalue weighted by molar-refractivity contribution is -0.124. The molecule has 5 nitrogen and oxygen atoms in total. The predicted molar refractivity (Wildman–Crippen MR) is 111 cm³/mol. The van der Waals surface area contributed by atoms with E-state index in [0.717, 1.165) is 30.9 Å². The second kappa shape index (κ2) is 9.11. The maximum atomic E-state index is 12.4. The number of ether oxygens (including phenoxy) is 2. The van der Waals surface area contributed by atoms with E-state index < -0.39 is 0 Å². The molecule has 150 valence electrons. The van der Waals surface area contributed by atoms with Crippen molar-refractivity contribution in [3.63, 3.8) is 0 Å². The number of carbonyl (C=O) groups is 1. The summed E-state index contributed by atoms with van der Waals surface area (Å²) in [6.45, 7) is 6.44. The lowest BCUT2D eigenvalue weighted by Crippen LogP contribution is -2.41. The van der Waals surface area contributed by atoms with E-state index in [9.17, 15) is 4.79 Å². The molecule has 1 aliphatic rings. The van der Waals surface area contributed by atoms with E-state index in [1.807, 2.05) is 32.0 Å². The zero-order chi connectivity index (χ0) is 20.1. The highest BCUT2D eigenvalue weighted by Crippen LogP contribution is 2.35. The minimum absolute atomic E-state index is 0.0331. The Kier molecular flexibility index (Phi) is 6.57. The molecule has 1 N–H and O–H groups in total. The van der Waals surface area contributed by atoms with Crippen molar-refractivity contribution in [2.24, 2.45) is 5.92 Å². The molecule has 2 aromatic carbocycles. The Hall–Kier alpha value is -2.53. The van der Waals surface area contributed by atoms with Crippen LogP contribution in [-0.4, -0.2) is 44.2 Å². The first kappa shape index (κ1) is 20.2. The summed E-state index contributed by atoms with van der Waals surface area (Å²) in [6.07, 6.45) is 0. The van der Waals surface area contributed by atoms with E-state index in [1.54, 1.807) is 14.2 Å². The lowest BCUT2D eigenvalue weighted by atomic mass is 9.93. The summed E-state index contributed by atoms with van der Waals surface area (Å²) in [4.78, 5) is 14.8. The zero-order valence-corrected chi connectivity index (χ0v) is 17.1. The van der Waals surface area contributed by atoms with Gasteiger partial charge in [-0.1, -0.05) is 50.2 Å². The van der Waals surface area contributed by atoms with Gasteiger partial charge in [0.25, 0.3) is 0 Å². The van der Waals surface area contributed by atoms with E-state index in [2.05, 4.69) is 40.5 Å². The Labute approximate surface area is 167 Å². The van der Waals surface area contributed by atoms with Crippen molar-refractivity contribution >= 4 is 5.91 Å². The van der Waals surface area contributed by atoms with Crippen molar-refractivity contribution in [2.75, 3.05) is 27.3 Å². The van der Waals surface area contributed by atoms with Crippen LogP contribution in [0.4, 0.5) is 0 Å². The summed E-state index contributed by atoms with van der Waals surface area (Å²) in [6, 6.07) is 16.6. The van der Waals surface area contributed by atoms with Gasteiger partial charge < -0.3 is 14.8 Å². The molecule has 0 spiro atoms. The van der Waals surface area contributed by atoms with Gasteiger partial charge in [-0.2, -0.15) is 0 Å². The van der Waals surface area contributed by atoms with Gasteiger partial charge in [-0.25, -0.2) is 0 Å². The predicted octanol–water partition coefficient (Wildman–Crippen LogP) is 3.44. The smallest absolute Gasteiger partial charge is 0.222 e. The van der Waals surface area contributed by atoms with Crippen LogP contribution in [0.3, 0.4) is 0 Å². The fourth-order valence-electron chi connectivity index (χ4n) is 3.77. The summed E-state index contributed by atoms with van der Waals surface area (Å²) in [5.41, 5.74) is 2.44. The molecule has 1 amide bonds. The number of methoxy groups -OCH3 is 2. The number of hydrogen-bond donors (Lipinski definition) is 1. The third kappa shape index (κ3) is 4.65. The minimum Gasteiger partial charge on any atom is -0.493 e. The SMILES string of the molecule is COc1ccc([C@H]2CN(Cc3ccccc3)C[C@@H]2NC(=O)C(C)C)cc1OC. The van der Waals surface area contributed by atoms with Crippen LogP contribution in [0.15, 0.2) is 48.5 Å². The fourth-order valence-corrected chi connectivity index (χ4v) is 3.77. The number of benzene rings is 2. The number of likely N-dealkylation sites (tertiary alicyclic amines) is 1. The Morgan fingerprint density at radius 1 is 1.07 bits per heavy atom. The van der Waals surface area contributed by atoms with Crippen molar-refractivity contribution in [3.8, 4) is 11.5 Å². The van der Waals surface area contributed by atoms with Gasteiger partial charge in [-0.15, -0.1) is 0 Å². The molecular weight excluding hydrogens is 352 g/mol. The van der Waals surface area contributed by atoms with Gasteiger partial charge in [-0.3, -0.25) is 9.69 Å². The molecule has 0 saturated carbocycles. The van der Waals surface area contributed by atoms with E-state index >= 15 is 0 Å². The van der Waals surface area contributed by atoms with Crippen LogP contribution in [-0.2, 0) is 11.3 Å². The molecule has 0 unspecified atom stereocenters. The van der Waals surface area contributed by atoms with Crippen molar-refractivity contribution < 1.29 is 14.3 Å². The third-order valence-electron chi connectivity index (χ3n) is 5.33. The third-order valence-corrected chi connectivity index (χ3v) is 5.33. The van der Waals surface area contributed by atoms with Crippen molar-refractivity contribution in [1.29, 1.82) is 0 Å². The molecule has 1 fully saturated rings.